The second kappa shape index (κ2) is 6.62. The van der Waals surface area contributed by atoms with E-state index in [-0.39, 0.29) is 0 Å². The Morgan fingerprint density at radius 1 is 1.23 bits per heavy atom. The van der Waals surface area contributed by atoms with Crippen LogP contribution in [-0.2, 0) is 6.42 Å². The molecule has 0 aliphatic heterocycles. The summed E-state index contributed by atoms with van der Waals surface area (Å²) in [4.78, 5) is 4.35. The molecule has 0 spiro atoms. The molecule has 0 unspecified atom stereocenters. The zero-order valence-electron chi connectivity index (χ0n) is 13.8. The molecule has 0 fully saturated rings. The van der Waals surface area contributed by atoms with Gasteiger partial charge in [0.05, 0.1) is 0 Å². The summed E-state index contributed by atoms with van der Waals surface area (Å²) in [5.41, 5.74) is 11.8. The number of nitrogen functional groups attached to an aromatic ring is 1. The van der Waals surface area contributed by atoms with Gasteiger partial charge < -0.3 is 5.73 Å². The van der Waals surface area contributed by atoms with Gasteiger partial charge >= 0.3 is 0 Å². The van der Waals surface area contributed by atoms with Gasteiger partial charge in [0, 0.05) is 11.3 Å². The molecule has 3 nitrogen and oxygen atoms in total. The standard InChI is InChI=1S/C19H23N3/c1-5-6-16-13(4)22-19(21)17(11-20)18(16)15-9-7-14(8-10-15)12(2)3/h7-10,12H,5-6H2,1-4H3,(H2,21,22). The molecule has 22 heavy (non-hydrogen) atoms. The Hall–Kier alpha value is -2.34. The molecule has 1 aromatic carbocycles. The fraction of sp³-hybridized carbons (Fsp3) is 0.368. The van der Waals surface area contributed by atoms with Gasteiger partial charge in [0.1, 0.15) is 17.5 Å². The van der Waals surface area contributed by atoms with E-state index >= 15 is 0 Å². The maximum Gasteiger partial charge on any atom is 0.142 e. The molecule has 2 rings (SSSR count). The second-order valence-corrected chi connectivity index (χ2v) is 5.95. The predicted octanol–water partition coefficient (Wildman–Crippen LogP) is 4.59. The molecule has 0 aliphatic rings. The van der Waals surface area contributed by atoms with Crippen LogP contribution >= 0.6 is 0 Å². The third-order valence-corrected chi connectivity index (χ3v) is 4.01. The normalized spacial score (nSPS) is 10.7. The third kappa shape index (κ3) is 2.96. The average Bonchev–Trinajstić information content (AvgIpc) is 2.49. The van der Waals surface area contributed by atoms with Crippen molar-refractivity contribution in [2.24, 2.45) is 0 Å². The highest BCUT2D eigenvalue weighted by atomic mass is 14.8. The van der Waals surface area contributed by atoms with Gasteiger partial charge in [-0.05, 0) is 36.0 Å². The molecule has 1 aromatic heterocycles. The number of nitriles is 1. The summed E-state index contributed by atoms with van der Waals surface area (Å²) in [7, 11) is 0. The highest BCUT2D eigenvalue weighted by Gasteiger charge is 2.17. The van der Waals surface area contributed by atoms with Crippen molar-refractivity contribution >= 4 is 5.82 Å². The number of rotatable bonds is 4. The van der Waals surface area contributed by atoms with Crippen LogP contribution in [0.4, 0.5) is 5.82 Å². The van der Waals surface area contributed by atoms with E-state index in [9.17, 15) is 5.26 Å². The van der Waals surface area contributed by atoms with Gasteiger partial charge in [-0.25, -0.2) is 4.98 Å². The molecule has 114 valence electrons. The van der Waals surface area contributed by atoms with E-state index in [2.05, 4.69) is 56.1 Å². The summed E-state index contributed by atoms with van der Waals surface area (Å²) >= 11 is 0. The summed E-state index contributed by atoms with van der Waals surface area (Å²) in [5, 5.41) is 9.52. The van der Waals surface area contributed by atoms with Crippen molar-refractivity contribution < 1.29 is 0 Å². The zero-order valence-corrected chi connectivity index (χ0v) is 13.8. The molecule has 0 amide bonds. The zero-order chi connectivity index (χ0) is 16.3. The first kappa shape index (κ1) is 16.0. The van der Waals surface area contributed by atoms with E-state index < -0.39 is 0 Å². The lowest BCUT2D eigenvalue weighted by molar-refractivity contribution is 0.866. The first-order chi connectivity index (χ1) is 10.5. The Labute approximate surface area is 132 Å². The molecule has 0 radical (unpaired) electrons. The van der Waals surface area contributed by atoms with Crippen LogP contribution in [0.5, 0.6) is 0 Å². The molecular formula is C19H23N3. The Morgan fingerprint density at radius 3 is 2.36 bits per heavy atom. The van der Waals surface area contributed by atoms with Crippen molar-refractivity contribution in [1.82, 2.24) is 4.98 Å². The van der Waals surface area contributed by atoms with Gasteiger partial charge in [0.2, 0.25) is 0 Å². The van der Waals surface area contributed by atoms with Crippen molar-refractivity contribution in [2.45, 2.75) is 46.5 Å². The molecule has 0 saturated carbocycles. The maximum absolute atomic E-state index is 9.52. The minimum atomic E-state index is 0.322. The van der Waals surface area contributed by atoms with E-state index in [0.717, 1.165) is 35.2 Å². The lowest BCUT2D eigenvalue weighted by atomic mass is 9.90. The number of nitrogens with two attached hydrogens (primary N) is 1. The van der Waals surface area contributed by atoms with Gasteiger partial charge in [-0.3, -0.25) is 0 Å². The van der Waals surface area contributed by atoms with E-state index in [0.29, 0.717) is 17.3 Å². The smallest absolute Gasteiger partial charge is 0.142 e. The molecule has 3 heteroatoms. The largest absolute Gasteiger partial charge is 0.383 e. The Balaban J connectivity index is 2.69. The lowest BCUT2D eigenvalue weighted by Crippen LogP contribution is -2.05. The Morgan fingerprint density at radius 2 is 1.86 bits per heavy atom. The van der Waals surface area contributed by atoms with Crippen molar-refractivity contribution in [3.8, 4) is 17.2 Å². The number of aryl methyl sites for hydroxylation is 1. The first-order valence-electron chi connectivity index (χ1n) is 7.78. The Bertz CT molecular complexity index is 707. The van der Waals surface area contributed by atoms with Gasteiger partial charge in [0.25, 0.3) is 0 Å². The molecular weight excluding hydrogens is 270 g/mol. The Kier molecular flexibility index (Phi) is 4.82. The molecule has 0 saturated heterocycles. The van der Waals surface area contributed by atoms with Gasteiger partial charge in [-0.15, -0.1) is 0 Å². The van der Waals surface area contributed by atoms with Crippen LogP contribution in [0, 0.1) is 18.3 Å². The molecule has 2 aromatic rings. The number of aromatic nitrogens is 1. The second-order valence-electron chi connectivity index (χ2n) is 5.95. The predicted molar refractivity (Wildman–Crippen MR) is 91.6 cm³/mol. The average molecular weight is 293 g/mol. The quantitative estimate of drug-likeness (QED) is 0.897. The van der Waals surface area contributed by atoms with Crippen molar-refractivity contribution in [2.75, 3.05) is 5.73 Å². The highest BCUT2D eigenvalue weighted by Crippen LogP contribution is 2.33. The maximum atomic E-state index is 9.52. The third-order valence-electron chi connectivity index (χ3n) is 4.01. The van der Waals surface area contributed by atoms with Crippen LogP contribution in [0.25, 0.3) is 11.1 Å². The topological polar surface area (TPSA) is 62.7 Å². The minimum Gasteiger partial charge on any atom is -0.383 e. The summed E-state index contributed by atoms with van der Waals surface area (Å²) in [6.07, 6.45) is 1.91. The van der Waals surface area contributed by atoms with Crippen LogP contribution in [-0.4, -0.2) is 4.98 Å². The SMILES string of the molecule is CCCc1c(C)nc(N)c(C#N)c1-c1ccc(C(C)C)cc1. The van der Waals surface area contributed by atoms with Crippen LogP contribution in [0.15, 0.2) is 24.3 Å². The van der Waals surface area contributed by atoms with Gasteiger partial charge in [0.15, 0.2) is 0 Å². The van der Waals surface area contributed by atoms with E-state index in [1.807, 2.05) is 6.92 Å². The number of anilines is 1. The number of hydrogen-bond acceptors (Lipinski definition) is 3. The fourth-order valence-electron chi connectivity index (χ4n) is 2.79. The van der Waals surface area contributed by atoms with Crippen LogP contribution in [0.1, 0.15) is 55.5 Å². The van der Waals surface area contributed by atoms with E-state index in [4.69, 9.17) is 5.73 Å². The lowest BCUT2D eigenvalue weighted by Gasteiger charge is -2.16. The van der Waals surface area contributed by atoms with Crippen molar-refractivity contribution in [3.05, 3.63) is 46.6 Å². The number of hydrogen-bond donors (Lipinski definition) is 1. The van der Waals surface area contributed by atoms with Gasteiger partial charge in [-0.1, -0.05) is 51.5 Å². The summed E-state index contributed by atoms with van der Waals surface area (Å²) < 4.78 is 0. The minimum absolute atomic E-state index is 0.322. The monoisotopic (exact) mass is 293 g/mol. The summed E-state index contributed by atoms with van der Waals surface area (Å²) in [6.45, 7) is 8.45. The first-order valence-corrected chi connectivity index (χ1v) is 7.78. The molecule has 1 heterocycles. The molecule has 2 N–H and O–H groups in total. The number of nitrogens with zero attached hydrogens (tertiary/aromatic N) is 2. The van der Waals surface area contributed by atoms with Crippen LogP contribution in [0.2, 0.25) is 0 Å². The highest BCUT2D eigenvalue weighted by molar-refractivity contribution is 5.79. The van der Waals surface area contributed by atoms with Crippen molar-refractivity contribution in [3.63, 3.8) is 0 Å². The molecule has 0 bridgehead atoms. The number of pyridine rings is 1. The summed E-state index contributed by atoms with van der Waals surface area (Å²) in [5.74, 6) is 0.812. The van der Waals surface area contributed by atoms with Crippen LogP contribution in [0.3, 0.4) is 0 Å². The van der Waals surface area contributed by atoms with E-state index in [1.165, 1.54) is 5.56 Å². The fourth-order valence-corrected chi connectivity index (χ4v) is 2.79. The summed E-state index contributed by atoms with van der Waals surface area (Å²) in [6, 6.07) is 10.7. The van der Waals surface area contributed by atoms with E-state index in [1.54, 1.807) is 0 Å². The van der Waals surface area contributed by atoms with Crippen molar-refractivity contribution in [1.29, 1.82) is 5.26 Å². The molecule has 0 aliphatic carbocycles. The van der Waals surface area contributed by atoms with Crippen LogP contribution < -0.4 is 5.73 Å². The molecule has 0 atom stereocenters. The number of benzene rings is 1. The van der Waals surface area contributed by atoms with Gasteiger partial charge in [-0.2, -0.15) is 5.26 Å².